The molecular weight excluding hydrogens is 284 g/mol. The van der Waals surface area contributed by atoms with E-state index < -0.39 is 17.9 Å². The molecule has 0 heterocycles. The average Bonchev–Trinajstić information content (AvgIpc) is 2.35. The Balaban J connectivity index is 4.55. The second-order valence-corrected chi connectivity index (χ2v) is 6.41. The fourth-order valence-corrected chi connectivity index (χ4v) is 2.27. The number of nitrogens with two attached hydrogens (primary N) is 1. The Morgan fingerprint density at radius 1 is 1.00 bits per heavy atom. The number of amides is 2. The molecule has 0 aliphatic heterocycles. The molecule has 3 atom stereocenters. The van der Waals surface area contributed by atoms with Gasteiger partial charge in [0.2, 0.25) is 11.8 Å². The summed E-state index contributed by atoms with van der Waals surface area (Å²) < 4.78 is 0. The molecule has 0 aromatic heterocycles. The quantitative estimate of drug-likeness (QED) is 0.632. The van der Waals surface area contributed by atoms with Gasteiger partial charge in [-0.15, -0.1) is 0 Å². The van der Waals surface area contributed by atoms with Crippen LogP contribution in [0.15, 0.2) is 0 Å². The minimum absolute atomic E-state index is 0.0850. The molecule has 126 valence electrons. The van der Waals surface area contributed by atoms with E-state index in [2.05, 4.69) is 5.32 Å². The van der Waals surface area contributed by atoms with Crippen molar-refractivity contribution < 1.29 is 19.2 Å². The molecule has 0 spiro atoms. The van der Waals surface area contributed by atoms with Gasteiger partial charge in [-0.05, 0) is 26.2 Å². The lowest BCUT2D eigenvalue weighted by Crippen LogP contribution is -2.42. The Morgan fingerprint density at radius 2 is 1.55 bits per heavy atom. The molecule has 3 N–H and O–H groups in total. The van der Waals surface area contributed by atoms with Gasteiger partial charge in [-0.2, -0.15) is 0 Å². The van der Waals surface area contributed by atoms with Crippen molar-refractivity contribution in [2.45, 2.75) is 59.9 Å². The van der Waals surface area contributed by atoms with Crippen molar-refractivity contribution in [3.8, 4) is 0 Å². The molecule has 0 saturated carbocycles. The van der Waals surface area contributed by atoms with Crippen LogP contribution in [0.3, 0.4) is 0 Å². The third kappa shape index (κ3) is 7.90. The Bertz CT molecular complexity index is 432. The van der Waals surface area contributed by atoms with Crippen molar-refractivity contribution in [2.75, 3.05) is 0 Å². The molecular formula is C16H28N2O4. The van der Waals surface area contributed by atoms with E-state index in [-0.39, 0.29) is 36.2 Å². The van der Waals surface area contributed by atoms with Crippen LogP contribution in [0.4, 0.5) is 0 Å². The molecule has 6 nitrogen and oxygen atoms in total. The van der Waals surface area contributed by atoms with Crippen LogP contribution in [-0.4, -0.2) is 29.4 Å². The van der Waals surface area contributed by atoms with Gasteiger partial charge in [0.1, 0.15) is 5.78 Å². The maximum Gasteiger partial charge on any atom is 0.223 e. The van der Waals surface area contributed by atoms with Gasteiger partial charge in [0, 0.05) is 24.7 Å². The summed E-state index contributed by atoms with van der Waals surface area (Å²) in [7, 11) is 0. The molecule has 6 heteroatoms. The number of Topliss-reactive ketones (excluding diaryl/α,β-unsaturated/α-hetero) is 2. The van der Waals surface area contributed by atoms with Crippen LogP contribution in [-0.2, 0) is 19.2 Å². The minimum Gasteiger partial charge on any atom is -0.370 e. The number of carbonyl (C=O) groups is 4. The first-order chi connectivity index (χ1) is 10.0. The van der Waals surface area contributed by atoms with E-state index in [0.29, 0.717) is 5.92 Å². The lowest BCUT2D eigenvalue weighted by molar-refractivity contribution is -0.132. The zero-order chi connectivity index (χ0) is 17.4. The third-order valence-electron chi connectivity index (χ3n) is 3.58. The van der Waals surface area contributed by atoms with Crippen LogP contribution in [0, 0.1) is 17.8 Å². The number of carbonyl (C=O) groups excluding carboxylic acids is 4. The monoisotopic (exact) mass is 312 g/mol. The molecule has 0 radical (unpaired) electrons. The molecule has 22 heavy (non-hydrogen) atoms. The highest BCUT2D eigenvalue weighted by atomic mass is 16.2. The summed E-state index contributed by atoms with van der Waals surface area (Å²) in [6.45, 7) is 8.79. The first-order valence-electron chi connectivity index (χ1n) is 7.66. The predicted molar refractivity (Wildman–Crippen MR) is 83.8 cm³/mol. The highest BCUT2D eigenvalue weighted by Crippen LogP contribution is 2.14. The topological polar surface area (TPSA) is 106 Å². The number of nitrogens with one attached hydrogen (secondary N) is 1. The first kappa shape index (κ1) is 20.3. The molecule has 0 rings (SSSR count). The van der Waals surface area contributed by atoms with Crippen molar-refractivity contribution in [1.82, 2.24) is 5.32 Å². The highest BCUT2D eigenvalue weighted by molar-refractivity contribution is 5.94. The summed E-state index contributed by atoms with van der Waals surface area (Å²) in [5.74, 6) is -1.81. The molecule has 0 unspecified atom stereocenters. The van der Waals surface area contributed by atoms with Gasteiger partial charge in [0.05, 0.1) is 6.04 Å². The molecule has 0 aromatic rings. The first-order valence-corrected chi connectivity index (χ1v) is 7.66. The van der Waals surface area contributed by atoms with E-state index in [0.717, 1.165) is 6.42 Å². The molecule has 0 aromatic carbocycles. The van der Waals surface area contributed by atoms with Crippen LogP contribution in [0.1, 0.15) is 53.9 Å². The predicted octanol–water partition coefficient (Wildman–Crippen LogP) is 1.21. The summed E-state index contributed by atoms with van der Waals surface area (Å²) in [6, 6.07) is -0.683. The number of rotatable bonds is 10. The summed E-state index contributed by atoms with van der Waals surface area (Å²) in [5.41, 5.74) is 5.08. The Morgan fingerprint density at radius 3 is 1.95 bits per heavy atom. The van der Waals surface area contributed by atoms with Gasteiger partial charge >= 0.3 is 0 Å². The lowest BCUT2D eigenvalue weighted by Gasteiger charge is -2.19. The summed E-state index contributed by atoms with van der Waals surface area (Å²) >= 11 is 0. The third-order valence-corrected chi connectivity index (χ3v) is 3.58. The molecule has 2 amide bonds. The van der Waals surface area contributed by atoms with Gasteiger partial charge in [-0.25, -0.2) is 0 Å². The zero-order valence-electron chi connectivity index (χ0n) is 14.1. The van der Waals surface area contributed by atoms with Gasteiger partial charge in [-0.3, -0.25) is 19.2 Å². The van der Waals surface area contributed by atoms with E-state index in [4.69, 9.17) is 5.73 Å². The normalized spacial score (nSPS) is 15.0. The summed E-state index contributed by atoms with van der Waals surface area (Å²) in [5, 5.41) is 2.67. The van der Waals surface area contributed by atoms with Crippen molar-refractivity contribution >= 4 is 23.4 Å². The van der Waals surface area contributed by atoms with Crippen LogP contribution in [0.2, 0.25) is 0 Å². The molecule has 0 aliphatic carbocycles. The smallest absolute Gasteiger partial charge is 0.223 e. The highest BCUT2D eigenvalue weighted by Gasteiger charge is 2.25. The van der Waals surface area contributed by atoms with E-state index in [9.17, 15) is 19.2 Å². The average molecular weight is 312 g/mol. The molecule has 0 bridgehead atoms. The van der Waals surface area contributed by atoms with Crippen LogP contribution < -0.4 is 11.1 Å². The maximum atomic E-state index is 12.1. The standard InChI is InChI=1S/C16H28N2O4/c1-9(2)6-10(3)16(22)18-11(4)14(20)7-13(12(5)19)8-15(17)21/h9-11,13H,6-8H2,1-5H3,(H2,17,21)(H,18,22)/t10-,11+,13+/m1/s1. The number of ketones is 2. The van der Waals surface area contributed by atoms with Gasteiger partial charge in [-0.1, -0.05) is 20.8 Å². The van der Waals surface area contributed by atoms with Crippen molar-refractivity contribution in [3.05, 3.63) is 0 Å². The Kier molecular flexibility index (Phi) is 8.60. The van der Waals surface area contributed by atoms with E-state index >= 15 is 0 Å². The van der Waals surface area contributed by atoms with Crippen LogP contribution in [0.25, 0.3) is 0 Å². The number of hydrogen-bond acceptors (Lipinski definition) is 4. The number of primary amides is 1. The lowest BCUT2D eigenvalue weighted by atomic mass is 9.92. The molecule has 0 aliphatic rings. The van der Waals surface area contributed by atoms with Gasteiger partial charge < -0.3 is 11.1 Å². The fraction of sp³-hybridized carbons (Fsp3) is 0.750. The van der Waals surface area contributed by atoms with Gasteiger partial charge in [0.15, 0.2) is 5.78 Å². The summed E-state index contributed by atoms with van der Waals surface area (Å²) in [4.78, 5) is 46.5. The second kappa shape index (κ2) is 9.33. The van der Waals surface area contributed by atoms with E-state index in [1.54, 1.807) is 6.92 Å². The van der Waals surface area contributed by atoms with Gasteiger partial charge in [0.25, 0.3) is 0 Å². The zero-order valence-corrected chi connectivity index (χ0v) is 14.1. The van der Waals surface area contributed by atoms with Crippen LogP contribution in [0.5, 0.6) is 0 Å². The maximum absolute atomic E-state index is 12.1. The van der Waals surface area contributed by atoms with Crippen molar-refractivity contribution in [1.29, 1.82) is 0 Å². The summed E-state index contributed by atoms with van der Waals surface area (Å²) in [6.07, 6.45) is 0.508. The molecule has 0 saturated heterocycles. The second-order valence-electron chi connectivity index (χ2n) is 6.41. The Labute approximate surface area is 132 Å². The van der Waals surface area contributed by atoms with E-state index in [1.807, 2.05) is 20.8 Å². The fourth-order valence-electron chi connectivity index (χ4n) is 2.27. The van der Waals surface area contributed by atoms with Crippen LogP contribution >= 0.6 is 0 Å². The largest absolute Gasteiger partial charge is 0.370 e. The SMILES string of the molecule is CC(=O)[C@H](CC(N)=O)CC(=O)[C@H](C)NC(=O)[C@H](C)CC(C)C. The Hall–Kier alpha value is -1.72. The van der Waals surface area contributed by atoms with Crippen molar-refractivity contribution in [2.24, 2.45) is 23.5 Å². The number of hydrogen-bond donors (Lipinski definition) is 2. The van der Waals surface area contributed by atoms with Crippen molar-refractivity contribution in [3.63, 3.8) is 0 Å². The minimum atomic E-state index is -0.711. The molecule has 0 fully saturated rings. The van der Waals surface area contributed by atoms with E-state index in [1.165, 1.54) is 6.92 Å².